The lowest BCUT2D eigenvalue weighted by Crippen LogP contribution is -2.44. The number of anilines is 2. The summed E-state index contributed by atoms with van der Waals surface area (Å²) in [6, 6.07) is 9.53. The second-order valence-corrected chi connectivity index (χ2v) is 9.72. The number of benzene rings is 1. The van der Waals surface area contributed by atoms with Crippen LogP contribution < -0.4 is 21.7 Å². The number of rotatable bonds is 10. The first-order chi connectivity index (χ1) is 16.6. The van der Waals surface area contributed by atoms with Gasteiger partial charge in [0.25, 0.3) is 17.7 Å². The third-order valence-corrected chi connectivity index (χ3v) is 6.40. The highest BCUT2D eigenvalue weighted by atomic mass is 32.1. The molecule has 2 heterocycles. The van der Waals surface area contributed by atoms with Gasteiger partial charge in [0.05, 0.1) is 12.0 Å². The van der Waals surface area contributed by atoms with Gasteiger partial charge >= 0.3 is 0 Å². The summed E-state index contributed by atoms with van der Waals surface area (Å²) in [7, 11) is 0. The Balaban J connectivity index is 2.11. The first-order valence-electron chi connectivity index (χ1n) is 11.4. The number of nitrogens with two attached hydrogens (primary N) is 2. The van der Waals surface area contributed by atoms with Crippen LogP contribution in [0.5, 0.6) is 0 Å². The lowest BCUT2D eigenvalue weighted by atomic mass is 10.0. The topological polar surface area (TPSA) is 145 Å². The molecule has 0 saturated heterocycles. The molecule has 3 rings (SSSR count). The molecule has 5 N–H and O–H groups in total. The van der Waals surface area contributed by atoms with Crippen molar-refractivity contribution in [2.24, 2.45) is 11.7 Å². The van der Waals surface area contributed by atoms with Gasteiger partial charge in [0.1, 0.15) is 10.6 Å². The van der Waals surface area contributed by atoms with Crippen LogP contribution in [0, 0.1) is 5.92 Å². The maximum absolute atomic E-state index is 13.9. The fourth-order valence-corrected chi connectivity index (χ4v) is 4.29. The monoisotopic (exact) mass is 497 g/mol. The minimum Gasteiger partial charge on any atom is -0.467 e. The molecule has 0 unspecified atom stereocenters. The van der Waals surface area contributed by atoms with Crippen LogP contribution in [0.3, 0.4) is 0 Å². The van der Waals surface area contributed by atoms with Crippen molar-refractivity contribution in [3.05, 3.63) is 64.6 Å². The van der Waals surface area contributed by atoms with E-state index in [1.807, 2.05) is 12.1 Å². The zero-order valence-corrected chi connectivity index (χ0v) is 21.1. The van der Waals surface area contributed by atoms with E-state index in [1.165, 1.54) is 11.2 Å². The Labute approximate surface area is 208 Å². The van der Waals surface area contributed by atoms with E-state index in [2.05, 4.69) is 37.4 Å². The normalized spacial score (nSPS) is 12.1. The number of furan rings is 1. The number of nitrogens with zero attached hydrogens (tertiary/aromatic N) is 2. The van der Waals surface area contributed by atoms with Crippen LogP contribution in [0.25, 0.3) is 0 Å². The van der Waals surface area contributed by atoms with E-state index in [-0.39, 0.29) is 27.9 Å². The molecule has 0 bridgehead atoms. The molecule has 1 atom stereocenters. The van der Waals surface area contributed by atoms with Crippen LogP contribution in [-0.2, 0) is 4.79 Å². The van der Waals surface area contributed by atoms with Crippen molar-refractivity contribution in [2.75, 3.05) is 17.2 Å². The Hall–Kier alpha value is -3.66. The second kappa shape index (κ2) is 11.2. The van der Waals surface area contributed by atoms with E-state index >= 15 is 0 Å². The average Bonchev–Trinajstić information content (AvgIpc) is 3.46. The van der Waals surface area contributed by atoms with Gasteiger partial charge in [-0.25, -0.2) is 0 Å². The van der Waals surface area contributed by atoms with Gasteiger partial charge in [0.2, 0.25) is 0 Å². The Morgan fingerprint density at radius 3 is 2.31 bits per heavy atom. The van der Waals surface area contributed by atoms with Crippen LogP contribution in [0.1, 0.15) is 77.6 Å². The Bertz CT molecular complexity index is 1170. The van der Waals surface area contributed by atoms with Gasteiger partial charge in [0.15, 0.2) is 11.7 Å². The summed E-state index contributed by atoms with van der Waals surface area (Å²) in [5.41, 5.74) is 12.7. The molecule has 0 aliphatic heterocycles. The molecular formula is C25H31N5O4S. The van der Waals surface area contributed by atoms with Crippen LogP contribution >= 0.6 is 11.5 Å². The van der Waals surface area contributed by atoms with Crippen LogP contribution in [-0.4, -0.2) is 28.6 Å². The lowest BCUT2D eigenvalue weighted by Gasteiger charge is -2.30. The minimum atomic E-state index is -1.12. The summed E-state index contributed by atoms with van der Waals surface area (Å²) in [6.07, 6.45) is 2.22. The first-order valence-corrected chi connectivity index (χ1v) is 12.2. The van der Waals surface area contributed by atoms with Crippen molar-refractivity contribution >= 4 is 40.6 Å². The highest BCUT2D eigenvalue weighted by Crippen LogP contribution is 2.34. The minimum absolute atomic E-state index is 0.0123. The van der Waals surface area contributed by atoms with Crippen LogP contribution in [0.15, 0.2) is 47.1 Å². The zero-order valence-electron chi connectivity index (χ0n) is 20.3. The van der Waals surface area contributed by atoms with Crippen LogP contribution in [0.4, 0.5) is 11.4 Å². The zero-order chi connectivity index (χ0) is 25.7. The smallest absolute Gasteiger partial charge is 0.273 e. The maximum Gasteiger partial charge on any atom is 0.273 e. The highest BCUT2D eigenvalue weighted by Gasteiger charge is 2.37. The number of carbonyl (C=O) groups is 3. The van der Waals surface area contributed by atoms with E-state index in [0.29, 0.717) is 18.2 Å². The van der Waals surface area contributed by atoms with Crippen molar-refractivity contribution in [2.45, 2.75) is 46.1 Å². The van der Waals surface area contributed by atoms with Gasteiger partial charge in [0, 0.05) is 12.2 Å². The van der Waals surface area contributed by atoms with Crippen molar-refractivity contribution in [1.29, 1.82) is 0 Å². The third kappa shape index (κ3) is 5.89. The molecule has 3 amide bonds. The summed E-state index contributed by atoms with van der Waals surface area (Å²) < 4.78 is 9.55. The van der Waals surface area contributed by atoms with Crippen molar-refractivity contribution < 1.29 is 18.8 Å². The number of aromatic nitrogens is 1. The van der Waals surface area contributed by atoms with Gasteiger partial charge in [-0.3, -0.25) is 19.3 Å². The number of carbonyl (C=O) groups excluding carboxylic acids is 3. The molecule has 35 heavy (non-hydrogen) atoms. The number of amides is 3. The summed E-state index contributed by atoms with van der Waals surface area (Å²) in [4.78, 5) is 40.4. The molecule has 0 spiro atoms. The standard InChI is InChI=1S/C25H31N5O4S/c1-14(2)11-12-28-24(32)21(18-6-5-13-34-18)30(17-9-7-16(8-10-17)15(3)4)25(33)22-19(26)20(23(27)31)29-35-22/h5-10,13-15,21H,11-12,26H2,1-4H3,(H2,27,31)(H,28,32)/t21-/m1/s1. The van der Waals surface area contributed by atoms with E-state index in [4.69, 9.17) is 15.9 Å². The summed E-state index contributed by atoms with van der Waals surface area (Å²) >= 11 is 0.762. The van der Waals surface area contributed by atoms with E-state index < -0.39 is 23.8 Å². The SMILES string of the molecule is CC(C)CCNC(=O)[C@@H](c1ccco1)N(C(=O)c1snc(C(N)=O)c1N)c1ccc(C(C)C)cc1. The molecular weight excluding hydrogens is 466 g/mol. The molecule has 0 radical (unpaired) electrons. The maximum atomic E-state index is 13.9. The summed E-state index contributed by atoms with van der Waals surface area (Å²) in [5.74, 6) is -0.872. The number of nitrogens with one attached hydrogen (secondary N) is 1. The van der Waals surface area contributed by atoms with Gasteiger partial charge in [-0.1, -0.05) is 39.8 Å². The molecule has 186 valence electrons. The van der Waals surface area contributed by atoms with Gasteiger partial charge in [-0.2, -0.15) is 4.37 Å². The molecule has 0 saturated carbocycles. The number of nitrogen functional groups attached to an aromatic ring is 1. The second-order valence-electron chi connectivity index (χ2n) is 8.95. The van der Waals surface area contributed by atoms with E-state index in [1.54, 1.807) is 24.3 Å². The van der Waals surface area contributed by atoms with Crippen molar-refractivity contribution in [3.63, 3.8) is 0 Å². The molecule has 9 nitrogen and oxygen atoms in total. The third-order valence-electron chi connectivity index (χ3n) is 5.55. The fraction of sp³-hybridized carbons (Fsp3) is 0.360. The van der Waals surface area contributed by atoms with Gasteiger partial charge in [-0.05, 0) is 59.6 Å². The summed E-state index contributed by atoms with van der Waals surface area (Å²) in [6.45, 7) is 8.69. The largest absolute Gasteiger partial charge is 0.467 e. The van der Waals surface area contributed by atoms with Gasteiger partial charge < -0.3 is 21.2 Å². The molecule has 0 aliphatic carbocycles. The molecule has 3 aromatic rings. The van der Waals surface area contributed by atoms with Crippen molar-refractivity contribution in [3.8, 4) is 0 Å². The quantitative estimate of drug-likeness (QED) is 0.385. The highest BCUT2D eigenvalue weighted by molar-refractivity contribution is 7.09. The predicted molar refractivity (Wildman–Crippen MR) is 136 cm³/mol. The Morgan fingerprint density at radius 1 is 1.11 bits per heavy atom. The number of primary amides is 1. The fourth-order valence-electron chi connectivity index (χ4n) is 3.54. The van der Waals surface area contributed by atoms with Gasteiger partial charge in [-0.15, -0.1) is 0 Å². The number of hydrogen-bond acceptors (Lipinski definition) is 7. The number of hydrogen-bond donors (Lipinski definition) is 3. The Morgan fingerprint density at radius 2 is 1.80 bits per heavy atom. The van der Waals surface area contributed by atoms with E-state index in [9.17, 15) is 14.4 Å². The van der Waals surface area contributed by atoms with Crippen LogP contribution in [0.2, 0.25) is 0 Å². The van der Waals surface area contributed by atoms with Crippen molar-refractivity contribution in [1.82, 2.24) is 9.69 Å². The summed E-state index contributed by atoms with van der Waals surface area (Å²) in [5, 5.41) is 2.92. The lowest BCUT2D eigenvalue weighted by molar-refractivity contribution is -0.122. The molecule has 10 heteroatoms. The molecule has 0 aliphatic rings. The molecule has 1 aromatic carbocycles. The first kappa shape index (κ1) is 26.0. The Kier molecular flexibility index (Phi) is 8.29. The average molecular weight is 498 g/mol. The molecule has 0 fully saturated rings. The predicted octanol–water partition coefficient (Wildman–Crippen LogP) is 4.09. The molecule has 2 aromatic heterocycles. The van der Waals surface area contributed by atoms with E-state index in [0.717, 1.165) is 23.5 Å².